The minimum absolute atomic E-state index is 0.339. The van der Waals surface area contributed by atoms with Gasteiger partial charge in [0.2, 0.25) is 0 Å². The van der Waals surface area contributed by atoms with E-state index in [-0.39, 0.29) is 0 Å². The molecule has 0 amide bonds. The van der Waals surface area contributed by atoms with E-state index in [9.17, 15) is 0 Å². The van der Waals surface area contributed by atoms with Gasteiger partial charge in [0.05, 0.1) is 11.4 Å². The Morgan fingerprint density at radius 2 is 1.14 bits per heavy atom. The van der Waals surface area contributed by atoms with Crippen molar-refractivity contribution < 1.29 is 4.42 Å². The molecule has 4 saturated carbocycles. The average molecular weight is 752 g/mol. The topological polar surface area (TPSA) is 16.4 Å². The van der Waals surface area contributed by atoms with Crippen molar-refractivity contribution in [2.24, 2.45) is 17.8 Å². The molecule has 3 heteroatoms. The Labute approximate surface area is 336 Å². The van der Waals surface area contributed by atoms with Crippen LogP contribution in [0.25, 0.3) is 74.8 Å². The summed E-state index contributed by atoms with van der Waals surface area (Å²) in [6.45, 7) is 0. The molecule has 8 aromatic carbocycles. The molecule has 14 rings (SSSR count). The van der Waals surface area contributed by atoms with Crippen molar-refractivity contribution in [2.75, 3.05) is 4.90 Å². The van der Waals surface area contributed by atoms with Gasteiger partial charge in [-0.1, -0.05) is 121 Å². The summed E-state index contributed by atoms with van der Waals surface area (Å²) in [6, 6.07) is 58.8. The lowest BCUT2D eigenvalue weighted by atomic mass is 9.48. The fourth-order valence-electron chi connectivity index (χ4n) is 12.2. The van der Waals surface area contributed by atoms with Crippen molar-refractivity contribution in [3.05, 3.63) is 163 Å². The van der Waals surface area contributed by atoms with Crippen LogP contribution in [-0.4, -0.2) is 0 Å². The average Bonchev–Trinajstić information content (AvgIpc) is 3.82. The second-order valence-electron chi connectivity index (χ2n) is 17.5. The first kappa shape index (κ1) is 32.2. The summed E-state index contributed by atoms with van der Waals surface area (Å²) in [6.07, 6.45) is 8.47. The normalized spacial score (nSPS) is 21.5. The van der Waals surface area contributed by atoms with Gasteiger partial charge in [-0.2, -0.15) is 0 Å². The highest BCUT2D eigenvalue weighted by Crippen LogP contribution is 2.61. The van der Waals surface area contributed by atoms with Crippen molar-refractivity contribution in [2.45, 2.75) is 43.9 Å². The Hall–Kier alpha value is -5.90. The standard InChI is InChI=1S/C54H41NOS/c1-2-12-39-36(10-1)11-9-17-40(39)42-24-25-47(43-14-4-3-13-41(42)43)55(38-22-20-37(21-23-38)54-30-33-26-34(31-54)28-35(27-33)32-54)48-29-46-44-15-6-8-19-50(44)57-53(46)51-45-16-5-7-18-49(45)56-52(48)51/h1-25,29,33-35H,26-28,30-32H2. The molecular weight excluding hydrogens is 711 g/mol. The number of rotatable bonds is 5. The summed E-state index contributed by atoms with van der Waals surface area (Å²) in [5, 5.41) is 9.92. The van der Waals surface area contributed by atoms with Gasteiger partial charge in [0, 0.05) is 42.0 Å². The first-order valence-corrected chi connectivity index (χ1v) is 21.7. The Morgan fingerprint density at radius 1 is 0.509 bits per heavy atom. The molecule has 0 atom stereocenters. The molecule has 2 aromatic heterocycles. The van der Waals surface area contributed by atoms with E-state index in [1.165, 1.54) is 102 Å². The molecule has 4 fully saturated rings. The molecule has 0 unspecified atom stereocenters. The van der Waals surface area contributed by atoms with Crippen molar-refractivity contribution in [3.8, 4) is 11.1 Å². The number of hydrogen-bond donors (Lipinski definition) is 0. The third-order valence-corrected chi connectivity index (χ3v) is 15.4. The maximum absolute atomic E-state index is 7.02. The third kappa shape index (κ3) is 4.76. The Balaban J connectivity index is 1.08. The van der Waals surface area contributed by atoms with Crippen molar-refractivity contribution in [3.63, 3.8) is 0 Å². The molecule has 0 radical (unpaired) electrons. The smallest absolute Gasteiger partial charge is 0.160 e. The van der Waals surface area contributed by atoms with E-state index in [0.717, 1.165) is 46.0 Å². The summed E-state index contributed by atoms with van der Waals surface area (Å²) in [5.74, 6) is 2.73. The number of para-hydroxylation sites is 1. The fourth-order valence-corrected chi connectivity index (χ4v) is 13.5. The Bertz CT molecular complexity index is 3200. The molecule has 4 aliphatic rings. The van der Waals surface area contributed by atoms with Crippen LogP contribution in [0.3, 0.4) is 0 Å². The van der Waals surface area contributed by atoms with Crippen LogP contribution < -0.4 is 4.90 Å². The molecular formula is C54H41NOS. The van der Waals surface area contributed by atoms with Crippen molar-refractivity contribution in [1.82, 2.24) is 0 Å². The molecule has 10 aromatic rings. The molecule has 0 spiro atoms. The molecule has 0 N–H and O–H groups in total. The zero-order valence-electron chi connectivity index (χ0n) is 31.7. The Morgan fingerprint density at radius 3 is 1.93 bits per heavy atom. The highest BCUT2D eigenvalue weighted by molar-refractivity contribution is 7.26. The molecule has 4 aliphatic carbocycles. The summed E-state index contributed by atoms with van der Waals surface area (Å²) in [4.78, 5) is 2.51. The van der Waals surface area contributed by atoms with E-state index < -0.39 is 0 Å². The zero-order valence-corrected chi connectivity index (χ0v) is 32.6. The zero-order chi connectivity index (χ0) is 37.2. The Kier molecular flexibility index (Phi) is 6.81. The largest absolute Gasteiger partial charge is 0.454 e. The number of nitrogens with zero attached hydrogens (tertiary/aromatic N) is 1. The van der Waals surface area contributed by atoms with Crippen LogP contribution in [0.4, 0.5) is 17.1 Å². The highest BCUT2D eigenvalue weighted by atomic mass is 32.1. The minimum Gasteiger partial charge on any atom is -0.454 e. The van der Waals surface area contributed by atoms with Crippen LogP contribution in [0.15, 0.2) is 162 Å². The molecule has 57 heavy (non-hydrogen) atoms. The third-order valence-electron chi connectivity index (χ3n) is 14.2. The van der Waals surface area contributed by atoms with E-state index in [1.54, 1.807) is 5.56 Å². The van der Waals surface area contributed by atoms with Gasteiger partial charge in [-0.05, 0) is 131 Å². The monoisotopic (exact) mass is 751 g/mol. The number of benzene rings is 8. The van der Waals surface area contributed by atoms with E-state index in [0.29, 0.717) is 5.41 Å². The summed E-state index contributed by atoms with van der Waals surface area (Å²) in [7, 11) is 0. The maximum Gasteiger partial charge on any atom is 0.160 e. The van der Waals surface area contributed by atoms with Gasteiger partial charge in [0.15, 0.2) is 5.58 Å². The molecule has 0 saturated heterocycles. The lowest BCUT2D eigenvalue weighted by molar-refractivity contribution is -0.00518. The molecule has 274 valence electrons. The van der Waals surface area contributed by atoms with Gasteiger partial charge in [-0.25, -0.2) is 0 Å². The maximum atomic E-state index is 7.02. The summed E-state index contributed by atoms with van der Waals surface area (Å²) >= 11 is 1.88. The molecule has 0 aliphatic heterocycles. The van der Waals surface area contributed by atoms with Gasteiger partial charge in [-0.3, -0.25) is 0 Å². The van der Waals surface area contributed by atoms with E-state index >= 15 is 0 Å². The van der Waals surface area contributed by atoms with Crippen LogP contribution >= 0.6 is 11.3 Å². The van der Waals surface area contributed by atoms with Crippen LogP contribution in [0.2, 0.25) is 0 Å². The van der Waals surface area contributed by atoms with Gasteiger partial charge >= 0.3 is 0 Å². The van der Waals surface area contributed by atoms with Gasteiger partial charge in [0.25, 0.3) is 0 Å². The lowest BCUT2D eigenvalue weighted by Gasteiger charge is -2.57. The molecule has 4 bridgehead atoms. The van der Waals surface area contributed by atoms with E-state index in [4.69, 9.17) is 4.42 Å². The second kappa shape index (κ2) is 12.1. The van der Waals surface area contributed by atoms with Crippen LogP contribution in [0, 0.1) is 17.8 Å². The SMILES string of the molecule is c1ccc2c(-c3ccc(N(c4ccc(C56CC7CC(CC(C7)C5)C6)cc4)c4cc5c6ccccc6sc5c5c4oc4ccccc45)c4ccccc34)cccc2c1. The predicted octanol–water partition coefficient (Wildman–Crippen LogP) is 15.9. The van der Waals surface area contributed by atoms with Crippen LogP contribution in [0.5, 0.6) is 0 Å². The van der Waals surface area contributed by atoms with Crippen molar-refractivity contribution >= 4 is 92.1 Å². The quantitative estimate of drug-likeness (QED) is 0.174. The molecule has 2 heterocycles. The first-order chi connectivity index (χ1) is 28.2. The number of furan rings is 1. The van der Waals surface area contributed by atoms with Crippen molar-refractivity contribution in [1.29, 1.82) is 0 Å². The first-order valence-electron chi connectivity index (χ1n) is 20.8. The second-order valence-corrected chi connectivity index (χ2v) is 18.5. The number of anilines is 3. The number of fused-ring (bicyclic) bond motifs is 9. The van der Waals surface area contributed by atoms with E-state index in [2.05, 4.69) is 163 Å². The van der Waals surface area contributed by atoms with Gasteiger partial charge in [0.1, 0.15) is 5.58 Å². The number of thiophene rings is 1. The molecule has 2 nitrogen and oxygen atoms in total. The fraction of sp³-hybridized carbons (Fsp3) is 0.185. The van der Waals surface area contributed by atoms with Gasteiger partial charge < -0.3 is 9.32 Å². The van der Waals surface area contributed by atoms with Crippen LogP contribution in [-0.2, 0) is 5.41 Å². The summed E-state index contributed by atoms with van der Waals surface area (Å²) in [5.41, 5.74) is 9.63. The van der Waals surface area contributed by atoms with Crippen LogP contribution in [0.1, 0.15) is 44.1 Å². The highest BCUT2D eigenvalue weighted by Gasteiger charge is 2.51. The summed E-state index contributed by atoms with van der Waals surface area (Å²) < 4.78 is 9.60. The predicted molar refractivity (Wildman–Crippen MR) is 242 cm³/mol. The van der Waals surface area contributed by atoms with Gasteiger partial charge in [-0.15, -0.1) is 11.3 Å². The lowest BCUT2D eigenvalue weighted by Crippen LogP contribution is -2.48. The number of hydrogen-bond acceptors (Lipinski definition) is 3. The van der Waals surface area contributed by atoms with E-state index in [1.807, 2.05) is 11.3 Å². The minimum atomic E-state index is 0.339.